The van der Waals surface area contributed by atoms with Crippen molar-refractivity contribution in [3.8, 4) is 0 Å². The normalized spacial score (nSPS) is 22.5. The molecular weight excluding hydrogens is 342 g/mol. The summed E-state index contributed by atoms with van der Waals surface area (Å²) in [6.07, 6.45) is 7.51. The van der Waals surface area contributed by atoms with Crippen molar-refractivity contribution >= 4 is 17.7 Å². The Morgan fingerprint density at radius 1 is 1.11 bits per heavy atom. The molecule has 1 aromatic carbocycles. The molecule has 0 aromatic heterocycles. The average Bonchev–Trinajstić information content (AvgIpc) is 3.50. The van der Waals surface area contributed by atoms with Gasteiger partial charge in [0.1, 0.15) is 6.04 Å². The minimum Gasteiger partial charge on any atom is -0.345 e. The summed E-state index contributed by atoms with van der Waals surface area (Å²) in [4.78, 5) is 41.7. The molecule has 144 valence electrons. The zero-order chi connectivity index (χ0) is 19.0. The number of fused-ring (bicyclic) bond motifs is 1. The van der Waals surface area contributed by atoms with Crippen LogP contribution in [0, 0.1) is 0 Å². The maximum Gasteiger partial charge on any atom is 0.255 e. The lowest BCUT2D eigenvalue weighted by molar-refractivity contribution is -0.135. The van der Waals surface area contributed by atoms with Crippen LogP contribution in [0.2, 0.25) is 0 Å². The van der Waals surface area contributed by atoms with Crippen molar-refractivity contribution in [1.82, 2.24) is 15.1 Å². The Kier molecular flexibility index (Phi) is 4.89. The van der Waals surface area contributed by atoms with Gasteiger partial charge in [0.2, 0.25) is 11.8 Å². The van der Waals surface area contributed by atoms with Gasteiger partial charge in [-0.25, -0.2) is 0 Å². The van der Waals surface area contributed by atoms with Gasteiger partial charge in [0.25, 0.3) is 5.91 Å². The lowest BCUT2D eigenvalue weighted by Crippen LogP contribution is -2.46. The Balaban J connectivity index is 1.42. The van der Waals surface area contributed by atoms with Gasteiger partial charge in [0, 0.05) is 24.7 Å². The number of benzene rings is 1. The first-order chi connectivity index (χ1) is 13.1. The fourth-order valence-electron chi connectivity index (χ4n) is 4.39. The van der Waals surface area contributed by atoms with Crippen LogP contribution in [0.5, 0.6) is 0 Å². The van der Waals surface area contributed by atoms with Crippen LogP contribution in [0.1, 0.15) is 66.9 Å². The molecule has 1 unspecified atom stereocenters. The van der Waals surface area contributed by atoms with E-state index in [1.807, 2.05) is 25.2 Å². The molecule has 3 aliphatic rings. The quantitative estimate of drug-likeness (QED) is 0.865. The standard InChI is InChI=1S/C21H27N3O3/c1-23(14-7-3-2-4-8-14)18(25)13-22-20(26)19-16-9-5-6-10-17(16)21(27)24(19)15-11-12-15/h5-6,9-10,14-15,19H,2-4,7-8,11-13H2,1H3,(H,22,26). The smallest absolute Gasteiger partial charge is 0.255 e. The van der Waals surface area contributed by atoms with E-state index in [9.17, 15) is 14.4 Å². The zero-order valence-electron chi connectivity index (χ0n) is 15.8. The molecule has 3 amide bonds. The summed E-state index contributed by atoms with van der Waals surface area (Å²) in [6, 6.07) is 7.10. The number of carbonyl (C=O) groups is 3. The first-order valence-corrected chi connectivity index (χ1v) is 10.0. The molecule has 1 N–H and O–H groups in total. The first kappa shape index (κ1) is 18.0. The highest BCUT2D eigenvalue weighted by molar-refractivity contribution is 6.05. The van der Waals surface area contributed by atoms with Crippen LogP contribution in [0.15, 0.2) is 24.3 Å². The van der Waals surface area contributed by atoms with E-state index in [0.717, 1.165) is 44.1 Å². The molecule has 4 rings (SSSR count). The van der Waals surface area contributed by atoms with E-state index in [4.69, 9.17) is 0 Å². The molecule has 6 heteroatoms. The van der Waals surface area contributed by atoms with Gasteiger partial charge in [-0.15, -0.1) is 0 Å². The van der Waals surface area contributed by atoms with E-state index in [1.165, 1.54) is 6.42 Å². The molecule has 0 bridgehead atoms. The Morgan fingerprint density at radius 3 is 2.52 bits per heavy atom. The molecule has 6 nitrogen and oxygen atoms in total. The van der Waals surface area contributed by atoms with Crippen LogP contribution < -0.4 is 5.32 Å². The summed E-state index contributed by atoms with van der Waals surface area (Å²) in [5.74, 6) is -0.393. The van der Waals surface area contributed by atoms with Crippen molar-refractivity contribution in [2.75, 3.05) is 13.6 Å². The van der Waals surface area contributed by atoms with Crippen LogP contribution in [-0.4, -0.2) is 53.2 Å². The average molecular weight is 369 g/mol. The fourth-order valence-corrected chi connectivity index (χ4v) is 4.39. The SMILES string of the molecule is CN(C(=O)CNC(=O)C1c2ccccc2C(=O)N1C1CC1)C1CCCCC1. The van der Waals surface area contributed by atoms with E-state index in [2.05, 4.69) is 5.32 Å². The van der Waals surface area contributed by atoms with Crippen LogP contribution in [-0.2, 0) is 9.59 Å². The van der Waals surface area contributed by atoms with E-state index in [0.29, 0.717) is 5.56 Å². The molecule has 27 heavy (non-hydrogen) atoms. The summed E-state index contributed by atoms with van der Waals surface area (Å²) in [5, 5.41) is 2.79. The van der Waals surface area contributed by atoms with Crippen LogP contribution >= 0.6 is 0 Å². The van der Waals surface area contributed by atoms with Gasteiger partial charge in [-0.3, -0.25) is 14.4 Å². The first-order valence-electron chi connectivity index (χ1n) is 10.0. The predicted molar refractivity (Wildman–Crippen MR) is 101 cm³/mol. The number of hydrogen-bond donors (Lipinski definition) is 1. The summed E-state index contributed by atoms with van der Waals surface area (Å²) in [5.41, 5.74) is 1.36. The summed E-state index contributed by atoms with van der Waals surface area (Å²) in [7, 11) is 1.83. The number of nitrogens with one attached hydrogen (secondary N) is 1. The Bertz CT molecular complexity index is 753. The molecule has 0 spiro atoms. The summed E-state index contributed by atoms with van der Waals surface area (Å²) >= 11 is 0. The maximum absolute atomic E-state index is 12.9. The number of amides is 3. The minimum atomic E-state index is -0.617. The molecule has 0 saturated heterocycles. The third kappa shape index (κ3) is 3.45. The second-order valence-corrected chi connectivity index (χ2v) is 7.95. The van der Waals surface area contributed by atoms with Gasteiger partial charge in [0.05, 0.1) is 6.54 Å². The second kappa shape index (κ2) is 7.33. The molecule has 1 aromatic rings. The Hall–Kier alpha value is -2.37. The van der Waals surface area contributed by atoms with Crippen molar-refractivity contribution in [3.63, 3.8) is 0 Å². The van der Waals surface area contributed by atoms with Gasteiger partial charge in [-0.1, -0.05) is 37.5 Å². The molecular formula is C21H27N3O3. The summed E-state index contributed by atoms with van der Waals surface area (Å²) in [6.45, 7) is -0.0167. The van der Waals surface area contributed by atoms with Crippen molar-refractivity contribution in [2.45, 2.75) is 63.1 Å². The fraction of sp³-hybridized carbons (Fsp3) is 0.571. The lowest BCUT2D eigenvalue weighted by Gasteiger charge is -2.31. The molecule has 1 aliphatic heterocycles. The molecule has 2 fully saturated rings. The topological polar surface area (TPSA) is 69.7 Å². The number of rotatable bonds is 5. The molecule has 2 saturated carbocycles. The number of hydrogen-bond acceptors (Lipinski definition) is 3. The molecule has 1 atom stereocenters. The predicted octanol–water partition coefficient (Wildman–Crippen LogP) is 2.25. The minimum absolute atomic E-state index is 0.0167. The largest absolute Gasteiger partial charge is 0.345 e. The van der Waals surface area contributed by atoms with E-state index in [1.54, 1.807) is 15.9 Å². The van der Waals surface area contributed by atoms with Crippen LogP contribution in [0.3, 0.4) is 0 Å². The van der Waals surface area contributed by atoms with Crippen LogP contribution in [0.25, 0.3) is 0 Å². The highest BCUT2D eigenvalue weighted by Gasteiger charge is 2.47. The van der Waals surface area contributed by atoms with Crippen molar-refractivity contribution < 1.29 is 14.4 Å². The second-order valence-electron chi connectivity index (χ2n) is 7.95. The van der Waals surface area contributed by atoms with E-state index in [-0.39, 0.29) is 36.3 Å². The van der Waals surface area contributed by atoms with Gasteiger partial charge in [-0.05, 0) is 37.3 Å². The van der Waals surface area contributed by atoms with Crippen LogP contribution in [0.4, 0.5) is 0 Å². The highest BCUT2D eigenvalue weighted by Crippen LogP contribution is 2.41. The third-order valence-electron chi connectivity index (χ3n) is 6.12. The van der Waals surface area contributed by atoms with Gasteiger partial charge in [0.15, 0.2) is 0 Å². The van der Waals surface area contributed by atoms with Crippen molar-refractivity contribution in [3.05, 3.63) is 35.4 Å². The zero-order valence-corrected chi connectivity index (χ0v) is 15.8. The molecule has 2 aliphatic carbocycles. The number of nitrogens with zero attached hydrogens (tertiary/aromatic N) is 2. The monoisotopic (exact) mass is 369 g/mol. The maximum atomic E-state index is 12.9. The Labute approximate surface area is 159 Å². The van der Waals surface area contributed by atoms with Gasteiger partial charge < -0.3 is 15.1 Å². The summed E-state index contributed by atoms with van der Waals surface area (Å²) < 4.78 is 0. The van der Waals surface area contributed by atoms with E-state index >= 15 is 0 Å². The third-order valence-corrected chi connectivity index (χ3v) is 6.12. The molecule has 0 radical (unpaired) electrons. The number of carbonyl (C=O) groups excluding carboxylic acids is 3. The van der Waals surface area contributed by atoms with Gasteiger partial charge >= 0.3 is 0 Å². The highest BCUT2D eigenvalue weighted by atomic mass is 16.2. The van der Waals surface area contributed by atoms with E-state index < -0.39 is 6.04 Å². The molecule has 1 heterocycles. The lowest BCUT2D eigenvalue weighted by atomic mass is 9.94. The number of likely N-dealkylation sites (N-methyl/N-ethyl adjacent to an activating group) is 1. The Morgan fingerprint density at radius 2 is 1.81 bits per heavy atom. The van der Waals surface area contributed by atoms with Gasteiger partial charge in [-0.2, -0.15) is 0 Å². The van der Waals surface area contributed by atoms with Crippen molar-refractivity contribution in [1.29, 1.82) is 0 Å². The van der Waals surface area contributed by atoms with Crippen molar-refractivity contribution in [2.24, 2.45) is 0 Å².